The number of hydrogen-bond donors (Lipinski definition) is 3. The molecule has 1 amide bonds. The van der Waals surface area contributed by atoms with E-state index in [1.807, 2.05) is 34.9 Å². The average molecular weight is 364 g/mol. The molecule has 0 spiro atoms. The summed E-state index contributed by atoms with van der Waals surface area (Å²) in [4.78, 5) is 17.4. The Morgan fingerprint density at radius 1 is 1.19 bits per heavy atom. The third-order valence-electron chi connectivity index (χ3n) is 5.06. The van der Waals surface area contributed by atoms with Gasteiger partial charge in [0, 0.05) is 6.54 Å². The third-order valence-corrected chi connectivity index (χ3v) is 5.06. The second-order valence-electron chi connectivity index (χ2n) is 6.87. The molecule has 0 radical (unpaired) electrons. The van der Waals surface area contributed by atoms with E-state index in [-0.39, 0.29) is 25.1 Å². The highest BCUT2D eigenvalue weighted by atomic mass is 16.3. The van der Waals surface area contributed by atoms with Gasteiger partial charge in [0.2, 0.25) is 11.9 Å². The number of imidazole rings is 1. The van der Waals surface area contributed by atoms with Crippen LogP contribution in [0, 0.1) is 0 Å². The maximum atomic E-state index is 12.8. The monoisotopic (exact) mass is 364 g/mol. The van der Waals surface area contributed by atoms with Crippen LogP contribution < -0.4 is 10.6 Å². The van der Waals surface area contributed by atoms with Gasteiger partial charge in [0.15, 0.2) is 0 Å². The lowest BCUT2D eigenvalue weighted by Crippen LogP contribution is -2.33. The van der Waals surface area contributed by atoms with Gasteiger partial charge >= 0.3 is 0 Å². The zero-order valence-corrected chi connectivity index (χ0v) is 15.2. The van der Waals surface area contributed by atoms with Gasteiger partial charge in [-0.25, -0.2) is 4.98 Å². The summed E-state index contributed by atoms with van der Waals surface area (Å²) in [7, 11) is 0. The zero-order valence-electron chi connectivity index (χ0n) is 15.2. The number of aryl methyl sites for hydroxylation is 1. The Morgan fingerprint density at radius 2 is 2.00 bits per heavy atom. The van der Waals surface area contributed by atoms with Crippen LogP contribution >= 0.6 is 0 Å². The number of rotatable bonds is 6. The Hall–Kier alpha value is -2.86. The van der Waals surface area contributed by atoms with Gasteiger partial charge in [0.05, 0.1) is 23.7 Å². The van der Waals surface area contributed by atoms with Crippen molar-refractivity contribution in [2.75, 3.05) is 18.5 Å². The van der Waals surface area contributed by atoms with E-state index in [0.717, 1.165) is 30.3 Å². The van der Waals surface area contributed by atoms with E-state index in [1.54, 1.807) is 0 Å². The molecule has 140 valence electrons. The fourth-order valence-corrected chi connectivity index (χ4v) is 3.83. The third kappa shape index (κ3) is 3.66. The highest BCUT2D eigenvalue weighted by Crippen LogP contribution is 2.29. The second-order valence-corrected chi connectivity index (χ2v) is 6.87. The Morgan fingerprint density at radius 3 is 2.89 bits per heavy atom. The number of para-hydroxylation sites is 2. The molecule has 1 unspecified atom stereocenters. The van der Waals surface area contributed by atoms with E-state index in [2.05, 4.69) is 33.8 Å². The van der Waals surface area contributed by atoms with E-state index in [9.17, 15) is 4.79 Å². The van der Waals surface area contributed by atoms with E-state index >= 15 is 0 Å². The number of aliphatic hydroxyl groups excluding tert-OH is 1. The molecule has 0 bridgehead atoms. The molecule has 0 aliphatic heterocycles. The molecule has 1 heterocycles. The molecule has 4 rings (SSSR count). The molecule has 6 nitrogen and oxygen atoms in total. The SMILES string of the molecule is O=C(Cn1c(NCCO)nc2ccccc21)NC1CCCc2ccccc21. The molecule has 1 aromatic heterocycles. The molecule has 3 aromatic rings. The molecule has 1 atom stereocenters. The van der Waals surface area contributed by atoms with Crippen molar-refractivity contribution in [3.8, 4) is 0 Å². The van der Waals surface area contributed by atoms with Crippen LogP contribution in [-0.4, -0.2) is 33.7 Å². The van der Waals surface area contributed by atoms with Crippen LogP contribution in [-0.2, 0) is 17.8 Å². The smallest absolute Gasteiger partial charge is 0.240 e. The number of carbonyl (C=O) groups is 1. The molecular formula is C21H24N4O2. The van der Waals surface area contributed by atoms with Crippen molar-refractivity contribution in [2.45, 2.75) is 31.8 Å². The normalized spacial score (nSPS) is 16.1. The summed E-state index contributed by atoms with van der Waals surface area (Å²) >= 11 is 0. The quantitative estimate of drug-likeness (QED) is 0.628. The van der Waals surface area contributed by atoms with Gasteiger partial charge in [0.25, 0.3) is 0 Å². The van der Waals surface area contributed by atoms with Crippen molar-refractivity contribution in [3.63, 3.8) is 0 Å². The summed E-state index contributed by atoms with van der Waals surface area (Å²) < 4.78 is 1.87. The van der Waals surface area contributed by atoms with Crippen LogP contribution in [0.1, 0.15) is 30.0 Å². The highest BCUT2D eigenvalue weighted by molar-refractivity contribution is 5.83. The first-order valence-electron chi connectivity index (χ1n) is 9.43. The summed E-state index contributed by atoms with van der Waals surface area (Å²) in [5, 5.41) is 15.4. The number of hydrogen-bond acceptors (Lipinski definition) is 4. The highest BCUT2D eigenvalue weighted by Gasteiger charge is 2.22. The van der Waals surface area contributed by atoms with Crippen molar-refractivity contribution in [1.29, 1.82) is 0 Å². The van der Waals surface area contributed by atoms with Crippen LogP contribution in [0.3, 0.4) is 0 Å². The number of anilines is 1. The first kappa shape index (κ1) is 17.5. The minimum atomic E-state index is -0.0353. The number of amides is 1. The predicted molar refractivity (Wildman–Crippen MR) is 106 cm³/mol. The molecule has 0 fully saturated rings. The topological polar surface area (TPSA) is 79.2 Å². The fourth-order valence-electron chi connectivity index (χ4n) is 3.83. The summed E-state index contributed by atoms with van der Waals surface area (Å²) in [6, 6.07) is 16.1. The van der Waals surface area contributed by atoms with E-state index in [0.29, 0.717) is 12.5 Å². The lowest BCUT2D eigenvalue weighted by molar-refractivity contribution is -0.122. The van der Waals surface area contributed by atoms with Gasteiger partial charge in [-0.1, -0.05) is 36.4 Å². The Balaban J connectivity index is 1.55. The van der Waals surface area contributed by atoms with Gasteiger partial charge in [-0.2, -0.15) is 0 Å². The molecule has 3 N–H and O–H groups in total. The standard InChI is InChI=1S/C21H24N4O2/c26-13-12-22-21-24-18-9-3-4-11-19(18)25(21)14-20(27)23-17-10-5-7-15-6-1-2-8-16(15)17/h1-4,6,8-9,11,17,26H,5,7,10,12-14H2,(H,22,24)(H,23,27). The lowest BCUT2D eigenvalue weighted by Gasteiger charge is -2.26. The number of carbonyl (C=O) groups excluding carboxylic acids is 1. The van der Waals surface area contributed by atoms with E-state index in [1.165, 1.54) is 11.1 Å². The molecule has 27 heavy (non-hydrogen) atoms. The van der Waals surface area contributed by atoms with Gasteiger partial charge in [-0.15, -0.1) is 0 Å². The summed E-state index contributed by atoms with van der Waals surface area (Å²) in [5.41, 5.74) is 4.28. The van der Waals surface area contributed by atoms with Crippen LogP contribution in [0.5, 0.6) is 0 Å². The van der Waals surface area contributed by atoms with Crippen molar-refractivity contribution >= 4 is 22.9 Å². The van der Waals surface area contributed by atoms with Crippen LogP contribution in [0.15, 0.2) is 48.5 Å². The Bertz CT molecular complexity index is 950. The van der Waals surface area contributed by atoms with Gasteiger partial charge in [-0.3, -0.25) is 4.79 Å². The number of fused-ring (bicyclic) bond motifs is 2. The van der Waals surface area contributed by atoms with Crippen LogP contribution in [0.4, 0.5) is 5.95 Å². The van der Waals surface area contributed by atoms with Crippen molar-refractivity contribution in [1.82, 2.24) is 14.9 Å². The molecule has 1 aliphatic rings. The van der Waals surface area contributed by atoms with Gasteiger partial charge in [-0.05, 0) is 42.5 Å². The van der Waals surface area contributed by atoms with Gasteiger partial charge < -0.3 is 20.3 Å². The van der Waals surface area contributed by atoms with Crippen LogP contribution in [0.2, 0.25) is 0 Å². The fraction of sp³-hybridized carbons (Fsp3) is 0.333. The maximum absolute atomic E-state index is 12.8. The maximum Gasteiger partial charge on any atom is 0.240 e. The predicted octanol–water partition coefficient (Wildman–Crippen LogP) is 2.63. The average Bonchev–Trinajstić information content (AvgIpc) is 3.04. The number of benzene rings is 2. The molecule has 0 saturated heterocycles. The first-order valence-corrected chi connectivity index (χ1v) is 9.43. The lowest BCUT2D eigenvalue weighted by atomic mass is 9.88. The van der Waals surface area contributed by atoms with Gasteiger partial charge in [0.1, 0.15) is 6.54 Å². The van der Waals surface area contributed by atoms with Crippen molar-refractivity contribution in [2.24, 2.45) is 0 Å². The van der Waals surface area contributed by atoms with Crippen molar-refractivity contribution < 1.29 is 9.90 Å². The first-order chi connectivity index (χ1) is 13.3. The molecule has 1 aliphatic carbocycles. The minimum Gasteiger partial charge on any atom is -0.395 e. The zero-order chi connectivity index (χ0) is 18.6. The number of aromatic nitrogens is 2. The molecule has 0 saturated carbocycles. The second kappa shape index (κ2) is 7.80. The Kier molecular flexibility index (Phi) is 5.07. The number of nitrogens with one attached hydrogen (secondary N) is 2. The van der Waals surface area contributed by atoms with E-state index in [4.69, 9.17) is 5.11 Å². The number of aliphatic hydroxyl groups is 1. The summed E-state index contributed by atoms with van der Waals surface area (Å²) in [6.07, 6.45) is 3.12. The summed E-state index contributed by atoms with van der Waals surface area (Å²) in [6.45, 7) is 0.585. The van der Waals surface area contributed by atoms with E-state index < -0.39 is 0 Å². The Labute approximate surface area is 158 Å². The van der Waals surface area contributed by atoms with Crippen LogP contribution in [0.25, 0.3) is 11.0 Å². The minimum absolute atomic E-state index is 0.00819. The largest absolute Gasteiger partial charge is 0.395 e. The summed E-state index contributed by atoms with van der Waals surface area (Å²) in [5.74, 6) is 0.566. The molecule has 6 heteroatoms. The molecule has 2 aromatic carbocycles. The van der Waals surface area contributed by atoms with Crippen molar-refractivity contribution in [3.05, 3.63) is 59.7 Å². The molecular weight excluding hydrogens is 340 g/mol. The number of nitrogens with zero attached hydrogens (tertiary/aromatic N) is 2.